The van der Waals surface area contributed by atoms with E-state index in [2.05, 4.69) is 0 Å². The quantitative estimate of drug-likeness (QED) is 0.367. The maximum absolute atomic E-state index is 11.2. The number of ketones is 1. The molecule has 0 saturated carbocycles. The van der Waals surface area contributed by atoms with Crippen molar-refractivity contribution < 1.29 is 14.5 Å². The van der Waals surface area contributed by atoms with Crippen LogP contribution in [0.1, 0.15) is 24.2 Å². The SMILES string of the molecule is CCOc1c(I)cc(C(C)=O)cc1[N+](=O)[O-]. The fourth-order valence-corrected chi connectivity index (χ4v) is 1.97. The molecule has 1 aromatic carbocycles. The second-order valence-electron chi connectivity index (χ2n) is 3.05. The van der Waals surface area contributed by atoms with Gasteiger partial charge in [0.05, 0.1) is 15.1 Å². The van der Waals surface area contributed by atoms with Crippen LogP contribution < -0.4 is 4.74 Å². The molecule has 16 heavy (non-hydrogen) atoms. The predicted molar refractivity (Wildman–Crippen MR) is 67.0 cm³/mol. The molecule has 0 fully saturated rings. The van der Waals surface area contributed by atoms with E-state index in [1.807, 2.05) is 22.6 Å². The average Bonchev–Trinajstić information content (AvgIpc) is 2.20. The van der Waals surface area contributed by atoms with E-state index in [4.69, 9.17) is 4.74 Å². The highest BCUT2D eigenvalue weighted by Gasteiger charge is 2.21. The van der Waals surface area contributed by atoms with E-state index in [1.54, 1.807) is 13.0 Å². The Labute approximate surface area is 106 Å². The number of rotatable bonds is 4. The van der Waals surface area contributed by atoms with Crippen LogP contribution in [0, 0.1) is 13.7 Å². The highest BCUT2D eigenvalue weighted by Crippen LogP contribution is 2.33. The molecule has 0 radical (unpaired) electrons. The molecule has 6 heteroatoms. The molecule has 0 N–H and O–H groups in total. The Morgan fingerprint density at radius 1 is 1.56 bits per heavy atom. The lowest BCUT2D eigenvalue weighted by Crippen LogP contribution is -2.02. The van der Waals surface area contributed by atoms with Crippen molar-refractivity contribution in [3.8, 4) is 5.75 Å². The van der Waals surface area contributed by atoms with Gasteiger partial charge in [-0.25, -0.2) is 0 Å². The van der Waals surface area contributed by atoms with Gasteiger partial charge in [-0.15, -0.1) is 0 Å². The fourth-order valence-electron chi connectivity index (χ4n) is 1.21. The van der Waals surface area contributed by atoms with Gasteiger partial charge in [0.1, 0.15) is 0 Å². The third-order valence-corrected chi connectivity index (χ3v) is 2.72. The number of nitro groups is 1. The van der Waals surface area contributed by atoms with Crippen LogP contribution in [0.3, 0.4) is 0 Å². The molecule has 1 rings (SSSR count). The first-order valence-corrected chi connectivity index (χ1v) is 5.67. The Morgan fingerprint density at radius 3 is 2.62 bits per heavy atom. The molecule has 1 aromatic rings. The number of nitrogens with zero attached hydrogens (tertiary/aromatic N) is 1. The second kappa shape index (κ2) is 5.24. The van der Waals surface area contributed by atoms with Gasteiger partial charge in [0.15, 0.2) is 5.78 Å². The van der Waals surface area contributed by atoms with Crippen molar-refractivity contribution >= 4 is 34.1 Å². The van der Waals surface area contributed by atoms with Crippen LogP contribution in [-0.2, 0) is 0 Å². The number of nitro benzene ring substituents is 1. The Morgan fingerprint density at radius 2 is 2.19 bits per heavy atom. The average molecular weight is 335 g/mol. The molecule has 0 bridgehead atoms. The molecule has 0 heterocycles. The van der Waals surface area contributed by atoms with Gasteiger partial charge in [0.25, 0.3) is 0 Å². The van der Waals surface area contributed by atoms with Crippen LogP contribution in [0.4, 0.5) is 5.69 Å². The molecular formula is C10H10INO4. The summed E-state index contributed by atoms with van der Waals surface area (Å²) in [6, 6.07) is 2.83. The number of hydrogen-bond donors (Lipinski definition) is 0. The number of benzene rings is 1. The normalized spacial score (nSPS) is 9.94. The van der Waals surface area contributed by atoms with Gasteiger partial charge in [0.2, 0.25) is 5.75 Å². The van der Waals surface area contributed by atoms with Crippen LogP contribution in [0.2, 0.25) is 0 Å². The van der Waals surface area contributed by atoms with Crippen molar-refractivity contribution in [3.05, 3.63) is 31.4 Å². The predicted octanol–water partition coefficient (Wildman–Crippen LogP) is 2.80. The van der Waals surface area contributed by atoms with E-state index in [9.17, 15) is 14.9 Å². The molecule has 0 atom stereocenters. The lowest BCUT2D eigenvalue weighted by Gasteiger charge is -2.07. The Kier molecular flexibility index (Phi) is 4.22. The van der Waals surface area contributed by atoms with Gasteiger partial charge in [-0.2, -0.15) is 0 Å². The largest absolute Gasteiger partial charge is 0.486 e. The molecule has 0 unspecified atom stereocenters. The maximum atomic E-state index is 11.2. The minimum absolute atomic E-state index is 0.168. The monoisotopic (exact) mass is 335 g/mol. The molecule has 0 aliphatic rings. The van der Waals surface area contributed by atoms with Gasteiger partial charge in [-0.3, -0.25) is 14.9 Å². The standard InChI is InChI=1S/C10H10INO4/c1-3-16-10-8(11)4-7(6(2)13)5-9(10)12(14)15/h4-5H,3H2,1-2H3. The summed E-state index contributed by atoms with van der Waals surface area (Å²) in [6.07, 6.45) is 0. The van der Waals surface area contributed by atoms with E-state index < -0.39 is 4.92 Å². The number of halogens is 1. The first kappa shape index (κ1) is 12.9. The highest BCUT2D eigenvalue weighted by molar-refractivity contribution is 14.1. The first-order chi connectivity index (χ1) is 7.47. The Bertz CT molecular complexity index is 445. The van der Waals surface area contributed by atoms with E-state index in [0.29, 0.717) is 15.7 Å². The summed E-state index contributed by atoms with van der Waals surface area (Å²) in [5, 5.41) is 10.8. The summed E-state index contributed by atoms with van der Waals surface area (Å²) in [6.45, 7) is 3.46. The second-order valence-corrected chi connectivity index (χ2v) is 4.21. The fraction of sp³-hybridized carbons (Fsp3) is 0.300. The number of carbonyl (C=O) groups is 1. The maximum Gasteiger partial charge on any atom is 0.312 e. The summed E-state index contributed by atoms with van der Waals surface area (Å²) in [5.74, 6) is 0.0159. The Balaban J connectivity index is 3.39. The molecule has 5 nitrogen and oxygen atoms in total. The minimum Gasteiger partial charge on any atom is -0.486 e. The highest BCUT2D eigenvalue weighted by atomic mass is 127. The molecule has 0 spiro atoms. The topological polar surface area (TPSA) is 69.4 Å². The molecule has 0 saturated heterocycles. The van der Waals surface area contributed by atoms with Crippen molar-refractivity contribution in [2.75, 3.05) is 6.61 Å². The van der Waals surface area contributed by atoms with Gasteiger partial charge >= 0.3 is 5.69 Å². The molecule has 86 valence electrons. The molecule has 0 aliphatic carbocycles. The van der Waals surface area contributed by atoms with Crippen molar-refractivity contribution in [2.24, 2.45) is 0 Å². The lowest BCUT2D eigenvalue weighted by molar-refractivity contribution is -0.386. The van der Waals surface area contributed by atoms with Crippen molar-refractivity contribution in [1.29, 1.82) is 0 Å². The van der Waals surface area contributed by atoms with Crippen LogP contribution in [0.5, 0.6) is 5.75 Å². The lowest BCUT2D eigenvalue weighted by atomic mass is 10.1. The Hall–Kier alpha value is -1.18. The zero-order valence-electron chi connectivity index (χ0n) is 8.82. The molecule has 0 amide bonds. The van der Waals surface area contributed by atoms with Gasteiger partial charge in [-0.05, 0) is 42.5 Å². The first-order valence-electron chi connectivity index (χ1n) is 4.59. The summed E-state index contributed by atoms with van der Waals surface area (Å²) < 4.78 is 5.77. The molecule has 0 aliphatic heterocycles. The zero-order chi connectivity index (χ0) is 12.3. The summed E-state index contributed by atoms with van der Waals surface area (Å²) in [4.78, 5) is 21.5. The number of hydrogen-bond acceptors (Lipinski definition) is 4. The molecular weight excluding hydrogens is 325 g/mol. The van der Waals surface area contributed by atoms with Crippen LogP contribution in [-0.4, -0.2) is 17.3 Å². The third kappa shape index (κ3) is 2.69. The molecule has 0 aromatic heterocycles. The van der Waals surface area contributed by atoms with E-state index in [1.165, 1.54) is 13.0 Å². The van der Waals surface area contributed by atoms with E-state index >= 15 is 0 Å². The van der Waals surface area contributed by atoms with Crippen molar-refractivity contribution in [1.82, 2.24) is 0 Å². The van der Waals surface area contributed by atoms with Crippen LogP contribution in [0.15, 0.2) is 12.1 Å². The number of Topliss-reactive ketones (excluding diaryl/α,β-unsaturated/α-hetero) is 1. The van der Waals surface area contributed by atoms with Gasteiger partial charge in [-0.1, -0.05) is 0 Å². The summed E-state index contributed by atoms with van der Waals surface area (Å²) in [5.41, 5.74) is 0.151. The van der Waals surface area contributed by atoms with Crippen molar-refractivity contribution in [2.45, 2.75) is 13.8 Å². The summed E-state index contributed by atoms with van der Waals surface area (Å²) >= 11 is 1.92. The summed E-state index contributed by atoms with van der Waals surface area (Å²) in [7, 11) is 0. The van der Waals surface area contributed by atoms with Crippen molar-refractivity contribution in [3.63, 3.8) is 0 Å². The smallest absolute Gasteiger partial charge is 0.312 e. The van der Waals surface area contributed by atoms with E-state index in [0.717, 1.165) is 0 Å². The van der Waals surface area contributed by atoms with Gasteiger partial charge in [0, 0.05) is 11.6 Å². The number of carbonyl (C=O) groups excluding carboxylic acids is 1. The minimum atomic E-state index is -0.542. The van der Waals surface area contributed by atoms with Gasteiger partial charge < -0.3 is 4.74 Å². The van der Waals surface area contributed by atoms with E-state index in [-0.39, 0.29) is 17.2 Å². The third-order valence-electron chi connectivity index (χ3n) is 1.92. The number of ether oxygens (including phenoxy) is 1. The van der Waals surface area contributed by atoms with Crippen LogP contribution in [0.25, 0.3) is 0 Å². The zero-order valence-corrected chi connectivity index (χ0v) is 11.0. The van der Waals surface area contributed by atoms with Crippen LogP contribution >= 0.6 is 22.6 Å².